The molecule has 0 bridgehead atoms. The fourth-order valence-corrected chi connectivity index (χ4v) is 2.44. The van der Waals surface area contributed by atoms with Gasteiger partial charge in [0.1, 0.15) is 16.5 Å². The highest BCUT2D eigenvalue weighted by atomic mass is 79.9. The second-order valence-corrected chi connectivity index (χ2v) is 6.68. The van der Waals surface area contributed by atoms with Crippen LogP contribution in [0.4, 0.5) is 4.79 Å². The predicted molar refractivity (Wildman–Crippen MR) is 93.9 cm³/mol. The van der Waals surface area contributed by atoms with Gasteiger partial charge in [0.25, 0.3) is 0 Å². The van der Waals surface area contributed by atoms with E-state index < -0.39 is 12.1 Å². The molecule has 1 heterocycles. The van der Waals surface area contributed by atoms with Gasteiger partial charge in [-0.05, 0) is 28.8 Å². The van der Waals surface area contributed by atoms with Crippen molar-refractivity contribution in [2.45, 2.75) is 33.4 Å². The Labute approximate surface area is 150 Å². The molecule has 0 aromatic carbocycles. The average Bonchev–Trinajstić information content (AvgIpc) is 2.95. The molecule has 24 heavy (non-hydrogen) atoms. The number of halogens is 1. The van der Waals surface area contributed by atoms with Crippen LogP contribution in [0.3, 0.4) is 0 Å². The molecule has 0 saturated carbocycles. The third-order valence-electron chi connectivity index (χ3n) is 3.42. The van der Waals surface area contributed by atoms with Crippen molar-refractivity contribution in [3.05, 3.63) is 16.6 Å². The van der Waals surface area contributed by atoms with Gasteiger partial charge in [-0.25, -0.2) is 9.78 Å². The van der Waals surface area contributed by atoms with E-state index in [0.717, 1.165) is 4.60 Å². The van der Waals surface area contributed by atoms with E-state index >= 15 is 0 Å². The van der Waals surface area contributed by atoms with Crippen molar-refractivity contribution in [3.63, 3.8) is 0 Å². The van der Waals surface area contributed by atoms with E-state index in [9.17, 15) is 9.59 Å². The molecule has 2 amide bonds. The van der Waals surface area contributed by atoms with Crippen LogP contribution in [0.5, 0.6) is 0 Å². The minimum Gasteiger partial charge on any atom is -0.453 e. The van der Waals surface area contributed by atoms with Crippen molar-refractivity contribution >= 4 is 27.9 Å². The Kier molecular flexibility index (Phi) is 7.79. The number of methoxy groups -OCH3 is 1. The van der Waals surface area contributed by atoms with Gasteiger partial charge in [-0.3, -0.25) is 4.79 Å². The molecular weight excluding hydrogens is 376 g/mol. The Balaban J connectivity index is 2.98. The van der Waals surface area contributed by atoms with Crippen molar-refractivity contribution in [3.8, 4) is 12.3 Å². The number of hydrogen-bond donors (Lipinski definition) is 2. The number of alkyl carbamates (subject to hydrolysis) is 1. The number of terminal acetylenes is 1. The fraction of sp³-hybridized carbons (Fsp3) is 0.562. The zero-order valence-corrected chi connectivity index (χ0v) is 15.9. The number of carbonyl (C=O) groups excluding carboxylic acids is 2. The molecule has 0 aliphatic carbocycles. The van der Waals surface area contributed by atoms with Gasteiger partial charge in [-0.15, -0.1) is 12.3 Å². The summed E-state index contributed by atoms with van der Waals surface area (Å²) in [5.74, 6) is 2.77. The Bertz CT molecular complexity index is 609. The summed E-state index contributed by atoms with van der Waals surface area (Å²) in [6, 6.07) is -0.708. The first-order valence-corrected chi connectivity index (χ1v) is 8.36. The summed E-state index contributed by atoms with van der Waals surface area (Å²) in [6.07, 6.45) is 6.42. The van der Waals surface area contributed by atoms with Crippen LogP contribution in [-0.2, 0) is 16.1 Å². The molecule has 0 fully saturated rings. The van der Waals surface area contributed by atoms with Gasteiger partial charge in [0.2, 0.25) is 5.91 Å². The maximum atomic E-state index is 12.9. The minimum atomic E-state index is -0.708. The zero-order valence-electron chi connectivity index (χ0n) is 14.3. The molecule has 0 radical (unpaired) electrons. The molecule has 0 unspecified atom stereocenters. The number of ether oxygens (including phenoxy) is 1. The number of carbonyl (C=O) groups is 2. The Morgan fingerprint density at radius 2 is 2.17 bits per heavy atom. The Morgan fingerprint density at radius 1 is 1.50 bits per heavy atom. The van der Waals surface area contributed by atoms with E-state index in [1.54, 1.807) is 11.1 Å². The van der Waals surface area contributed by atoms with E-state index in [-0.39, 0.29) is 24.3 Å². The molecule has 0 aliphatic heterocycles. The van der Waals surface area contributed by atoms with Crippen LogP contribution >= 0.6 is 15.9 Å². The predicted octanol–water partition coefficient (Wildman–Crippen LogP) is 2.15. The van der Waals surface area contributed by atoms with Crippen LogP contribution in [-0.4, -0.2) is 46.6 Å². The van der Waals surface area contributed by atoms with Crippen LogP contribution in [0.25, 0.3) is 0 Å². The average molecular weight is 399 g/mol. The lowest BCUT2D eigenvalue weighted by Gasteiger charge is -2.30. The highest BCUT2D eigenvalue weighted by molar-refractivity contribution is 9.10. The third-order valence-corrected chi connectivity index (χ3v) is 3.82. The van der Waals surface area contributed by atoms with Crippen molar-refractivity contribution in [1.29, 1.82) is 0 Å². The van der Waals surface area contributed by atoms with E-state index in [2.05, 4.69) is 41.9 Å². The number of H-pyrrole nitrogens is 1. The van der Waals surface area contributed by atoms with Gasteiger partial charge in [0, 0.05) is 12.5 Å². The Morgan fingerprint density at radius 3 is 2.62 bits per heavy atom. The smallest absolute Gasteiger partial charge is 0.407 e. The van der Waals surface area contributed by atoms with E-state index in [1.165, 1.54) is 7.11 Å². The monoisotopic (exact) mass is 398 g/mol. The van der Waals surface area contributed by atoms with Gasteiger partial charge < -0.3 is 19.9 Å². The van der Waals surface area contributed by atoms with E-state index in [0.29, 0.717) is 12.4 Å². The summed E-state index contributed by atoms with van der Waals surface area (Å²) in [5, 5.41) is 2.58. The van der Waals surface area contributed by atoms with Crippen LogP contribution in [0, 0.1) is 24.2 Å². The topological polar surface area (TPSA) is 87.3 Å². The highest BCUT2D eigenvalue weighted by Crippen LogP contribution is 2.13. The summed E-state index contributed by atoms with van der Waals surface area (Å²) in [4.78, 5) is 33.3. The molecule has 7 nitrogen and oxygen atoms in total. The summed E-state index contributed by atoms with van der Waals surface area (Å²) in [6.45, 7) is 6.19. The molecule has 2 atom stereocenters. The normalized spacial score (nSPS) is 13.0. The fourth-order valence-electron chi connectivity index (χ4n) is 2.11. The summed E-state index contributed by atoms with van der Waals surface area (Å²) in [7, 11) is 1.26. The number of imidazole rings is 1. The first-order valence-electron chi connectivity index (χ1n) is 7.57. The quantitative estimate of drug-likeness (QED) is 0.688. The van der Waals surface area contributed by atoms with Gasteiger partial charge >= 0.3 is 6.09 Å². The van der Waals surface area contributed by atoms with Gasteiger partial charge in [0.15, 0.2) is 0 Å². The van der Waals surface area contributed by atoms with Gasteiger partial charge in [0.05, 0.1) is 19.9 Å². The van der Waals surface area contributed by atoms with Crippen LogP contribution < -0.4 is 5.32 Å². The minimum absolute atomic E-state index is 0.108. The van der Waals surface area contributed by atoms with Crippen LogP contribution in [0.1, 0.15) is 26.6 Å². The first kappa shape index (κ1) is 20.0. The molecule has 8 heteroatoms. The van der Waals surface area contributed by atoms with Gasteiger partial charge in [-0.1, -0.05) is 13.8 Å². The SMILES string of the molecule is C#C[C@H](C)CN(Cc1ncc(Br)[nH]1)C(=O)[C@@H](NC(=O)OC)C(C)C. The molecule has 1 aromatic heterocycles. The van der Waals surface area contributed by atoms with Gasteiger partial charge in [-0.2, -0.15) is 0 Å². The zero-order chi connectivity index (χ0) is 18.3. The maximum Gasteiger partial charge on any atom is 0.407 e. The van der Waals surface area contributed by atoms with Crippen molar-refractivity contribution in [2.75, 3.05) is 13.7 Å². The summed E-state index contributed by atoms with van der Waals surface area (Å²) >= 11 is 3.29. The molecular formula is C16H23BrN4O3. The third kappa shape index (κ3) is 5.89. The van der Waals surface area contributed by atoms with Crippen molar-refractivity contribution < 1.29 is 14.3 Å². The summed E-state index contributed by atoms with van der Waals surface area (Å²) in [5.41, 5.74) is 0. The van der Waals surface area contributed by atoms with Crippen molar-refractivity contribution in [1.82, 2.24) is 20.2 Å². The highest BCUT2D eigenvalue weighted by Gasteiger charge is 2.30. The maximum absolute atomic E-state index is 12.9. The van der Waals surface area contributed by atoms with Crippen LogP contribution in [0.15, 0.2) is 10.8 Å². The lowest BCUT2D eigenvalue weighted by molar-refractivity contribution is -0.135. The Hall–Kier alpha value is -2.01. The number of aromatic nitrogens is 2. The number of rotatable bonds is 7. The number of amides is 2. The second-order valence-electron chi connectivity index (χ2n) is 5.82. The molecule has 132 valence electrons. The molecule has 0 spiro atoms. The number of aromatic amines is 1. The lowest BCUT2D eigenvalue weighted by atomic mass is 10.0. The summed E-state index contributed by atoms with van der Waals surface area (Å²) < 4.78 is 5.33. The number of hydrogen-bond acceptors (Lipinski definition) is 4. The van der Waals surface area contributed by atoms with Crippen molar-refractivity contribution in [2.24, 2.45) is 11.8 Å². The first-order chi connectivity index (χ1) is 11.3. The van der Waals surface area contributed by atoms with E-state index in [1.807, 2.05) is 20.8 Å². The molecule has 0 saturated heterocycles. The van der Waals surface area contributed by atoms with E-state index in [4.69, 9.17) is 6.42 Å². The van der Waals surface area contributed by atoms with Crippen LogP contribution in [0.2, 0.25) is 0 Å². The largest absolute Gasteiger partial charge is 0.453 e. The molecule has 0 aliphatic rings. The number of nitrogens with zero attached hydrogens (tertiary/aromatic N) is 2. The molecule has 2 N–H and O–H groups in total. The standard InChI is InChI=1S/C16H23BrN4O3/c1-6-11(4)8-21(9-13-18-7-12(17)19-13)15(22)14(10(2)3)20-16(23)24-5/h1,7,10-11,14H,8-9H2,2-5H3,(H,18,19)(H,20,23)/t11-,14-/m0/s1. The molecule has 1 aromatic rings. The lowest BCUT2D eigenvalue weighted by Crippen LogP contribution is -2.51. The molecule has 1 rings (SSSR count). The second kappa shape index (κ2) is 9.33. The number of nitrogens with one attached hydrogen (secondary N) is 2.